The van der Waals surface area contributed by atoms with E-state index < -0.39 is 0 Å². The number of benzene rings is 1. The zero-order chi connectivity index (χ0) is 14.9. The molecule has 2 aromatic rings. The summed E-state index contributed by atoms with van der Waals surface area (Å²) in [7, 11) is 0. The number of para-hydroxylation sites is 1. The molecular formula is C18H23N3. The number of nitrogens with zero attached hydrogens (tertiary/aromatic N) is 2. The van der Waals surface area contributed by atoms with E-state index in [9.17, 15) is 5.26 Å². The fourth-order valence-corrected chi connectivity index (χ4v) is 2.67. The molecule has 21 heavy (non-hydrogen) atoms. The molecule has 0 radical (unpaired) electrons. The second kappa shape index (κ2) is 5.54. The molecule has 1 aliphatic rings. The summed E-state index contributed by atoms with van der Waals surface area (Å²) in [5.74, 6) is 0. The van der Waals surface area contributed by atoms with Crippen molar-refractivity contribution in [2.75, 3.05) is 0 Å². The Labute approximate surface area is 126 Å². The van der Waals surface area contributed by atoms with Crippen molar-refractivity contribution in [2.45, 2.75) is 52.2 Å². The molecule has 0 bridgehead atoms. The Hall–Kier alpha value is -1.79. The molecular weight excluding hydrogens is 258 g/mol. The molecule has 1 saturated carbocycles. The van der Waals surface area contributed by atoms with Crippen molar-refractivity contribution in [2.24, 2.45) is 5.41 Å². The first-order valence-electron chi connectivity index (χ1n) is 7.80. The molecule has 0 aliphatic heterocycles. The summed E-state index contributed by atoms with van der Waals surface area (Å²) in [4.78, 5) is 0. The summed E-state index contributed by atoms with van der Waals surface area (Å²) in [5.41, 5.74) is 2.41. The molecule has 1 fully saturated rings. The van der Waals surface area contributed by atoms with Gasteiger partial charge in [0.2, 0.25) is 0 Å². The van der Waals surface area contributed by atoms with Crippen molar-refractivity contribution in [1.82, 2.24) is 9.88 Å². The number of rotatable bonds is 6. The first kappa shape index (κ1) is 14.2. The van der Waals surface area contributed by atoms with Gasteiger partial charge in [-0.2, -0.15) is 5.26 Å². The van der Waals surface area contributed by atoms with Gasteiger partial charge < -0.3 is 9.88 Å². The van der Waals surface area contributed by atoms with Crippen LogP contribution in [0.1, 0.15) is 38.7 Å². The van der Waals surface area contributed by atoms with E-state index in [1.54, 1.807) is 0 Å². The smallest absolute Gasteiger partial charge is 0.0684 e. The lowest BCUT2D eigenvalue weighted by Crippen LogP contribution is -2.16. The third kappa shape index (κ3) is 3.28. The van der Waals surface area contributed by atoms with Crippen LogP contribution in [0.3, 0.4) is 0 Å². The number of aryl methyl sites for hydroxylation is 1. The zero-order valence-electron chi connectivity index (χ0n) is 12.9. The molecule has 1 aliphatic carbocycles. The van der Waals surface area contributed by atoms with E-state index in [0.29, 0.717) is 0 Å². The van der Waals surface area contributed by atoms with Crippen LogP contribution >= 0.6 is 0 Å². The average molecular weight is 281 g/mol. The minimum atomic E-state index is -0.266. The Morgan fingerprint density at radius 1 is 1.33 bits per heavy atom. The molecule has 0 saturated heterocycles. The monoisotopic (exact) mass is 281 g/mol. The van der Waals surface area contributed by atoms with Gasteiger partial charge in [-0.15, -0.1) is 0 Å². The van der Waals surface area contributed by atoms with Gasteiger partial charge in [0.15, 0.2) is 0 Å². The molecule has 1 N–H and O–H groups in total. The second-order valence-electron chi connectivity index (χ2n) is 6.76. The van der Waals surface area contributed by atoms with E-state index in [4.69, 9.17) is 0 Å². The van der Waals surface area contributed by atoms with Crippen LogP contribution in [-0.2, 0) is 13.1 Å². The molecule has 110 valence electrons. The van der Waals surface area contributed by atoms with Gasteiger partial charge in [-0.05, 0) is 50.1 Å². The molecule has 3 heteroatoms. The van der Waals surface area contributed by atoms with Gasteiger partial charge in [-0.25, -0.2) is 0 Å². The van der Waals surface area contributed by atoms with Crippen LogP contribution in [0.2, 0.25) is 0 Å². The number of aromatic nitrogens is 1. The number of nitriles is 1. The predicted molar refractivity (Wildman–Crippen MR) is 85.8 cm³/mol. The number of fused-ring (bicyclic) bond motifs is 1. The van der Waals surface area contributed by atoms with Crippen LogP contribution in [-0.4, -0.2) is 10.6 Å². The van der Waals surface area contributed by atoms with Gasteiger partial charge in [0, 0.05) is 25.3 Å². The fourth-order valence-electron chi connectivity index (χ4n) is 2.67. The molecule has 3 nitrogen and oxygen atoms in total. The Kier molecular flexibility index (Phi) is 3.73. The molecule has 1 aromatic carbocycles. The van der Waals surface area contributed by atoms with E-state index in [-0.39, 0.29) is 5.41 Å². The summed E-state index contributed by atoms with van der Waals surface area (Å²) in [6.07, 6.45) is 5.65. The quantitative estimate of drug-likeness (QED) is 0.874. The maximum atomic E-state index is 9.17. The van der Waals surface area contributed by atoms with E-state index in [2.05, 4.69) is 46.4 Å². The van der Waals surface area contributed by atoms with Gasteiger partial charge in [0.25, 0.3) is 0 Å². The van der Waals surface area contributed by atoms with E-state index in [1.165, 1.54) is 29.3 Å². The van der Waals surface area contributed by atoms with Gasteiger partial charge in [-0.1, -0.05) is 18.2 Å². The third-order valence-corrected chi connectivity index (χ3v) is 4.31. The van der Waals surface area contributed by atoms with Crippen molar-refractivity contribution < 1.29 is 0 Å². The highest BCUT2D eigenvalue weighted by Gasteiger charge is 2.21. The van der Waals surface area contributed by atoms with Crippen LogP contribution < -0.4 is 5.32 Å². The van der Waals surface area contributed by atoms with E-state index >= 15 is 0 Å². The van der Waals surface area contributed by atoms with E-state index in [0.717, 1.165) is 25.6 Å². The fraction of sp³-hybridized carbons (Fsp3) is 0.500. The lowest BCUT2D eigenvalue weighted by molar-refractivity contribution is 0.417. The summed E-state index contributed by atoms with van der Waals surface area (Å²) in [6.45, 7) is 5.85. The molecule has 1 aromatic heterocycles. The van der Waals surface area contributed by atoms with Gasteiger partial charge in [0.1, 0.15) is 0 Å². The Balaban J connectivity index is 1.82. The minimum absolute atomic E-state index is 0.266. The molecule has 3 rings (SSSR count). The highest BCUT2D eigenvalue weighted by Crippen LogP contribution is 2.26. The van der Waals surface area contributed by atoms with Crippen molar-refractivity contribution in [1.29, 1.82) is 5.26 Å². The SMILES string of the molecule is CC(C)(C#N)CCn1ccc2cccc(CNC3CC3)c21. The Morgan fingerprint density at radius 3 is 2.86 bits per heavy atom. The summed E-state index contributed by atoms with van der Waals surface area (Å²) < 4.78 is 2.30. The van der Waals surface area contributed by atoms with Crippen LogP contribution in [0.15, 0.2) is 30.5 Å². The lowest BCUT2D eigenvalue weighted by atomic mass is 9.91. The van der Waals surface area contributed by atoms with Crippen molar-refractivity contribution >= 4 is 10.9 Å². The van der Waals surface area contributed by atoms with Crippen molar-refractivity contribution in [3.05, 3.63) is 36.0 Å². The first-order chi connectivity index (χ1) is 10.1. The number of hydrogen-bond acceptors (Lipinski definition) is 2. The van der Waals surface area contributed by atoms with Crippen LogP contribution in [0, 0.1) is 16.7 Å². The molecule has 0 atom stereocenters. The predicted octanol–water partition coefficient (Wildman–Crippen LogP) is 3.83. The largest absolute Gasteiger partial charge is 0.347 e. The van der Waals surface area contributed by atoms with Crippen LogP contribution in [0.25, 0.3) is 10.9 Å². The van der Waals surface area contributed by atoms with Gasteiger partial charge >= 0.3 is 0 Å². The highest BCUT2D eigenvalue weighted by molar-refractivity contribution is 5.83. The molecule has 0 spiro atoms. The number of nitrogens with one attached hydrogen (secondary N) is 1. The summed E-state index contributed by atoms with van der Waals surface area (Å²) in [6, 6.07) is 11.8. The van der Waals surface area contributed by atoms with Gasteiger partial charge in [-0.3, -0.25) is 0 Å². The Morgan fingerprint density at radius 2 is 2.14 bits per heavy atom. The minimum Gasteiger partial charge on any atom is -0.347 e. The summed E-state index contributed by atoms with van der Waals surface area (Å²) in [5, 5.41) is 14.1. The normalized spacial score (nSPS) is 15.3. The second-order valence-corrected chi connectivity index (χ2v) is 6.76. The first-order valence-corrected chi connectivity index (χ1v) is 7.80. The maximum absolute atomic E-state index is 9.17. The molecule has 0 unspecified atom stereocenters. The van der Waals surface area contributed by atoms with Crippen LogP contribution in [0.5, 0.6) is 0 Å². The third-order valence-electron chi connectivity index (χ3n) is 4.31. The lowest BCUT2D eigenvalue weighted by Gasteiger charge is -2.17. The average Bonchev–Trinajstić information content (AvgIpc) is 3.22. The van der Waals surface area contributed by atoms with E-state index in [1.807, 2.05) is 13.8 Å². The van der Waals surface area contributed by atoms with Crippen molar-refractivity contribution in [3.8, 4) is 6.07 Å². The highest BCUT2D eigenvalue weighted by atomic mass is 15.0. The Bertz CT molecular complexity index is 671. The maximum Gasteiger partial charge on any atom is 0.0684 e. The van der Waals surface area contributed by atoms with Crippen LogP contribution in [0.4, 0.5) is 0 Å². The molecule has 0 amide bonds. The zero-order valence-corrected chi connectivity index (χ0v) is 12.9. The van der Waals surface area contributed by atoms with Gasteiger partial charge in [0.05, 0.1) is 17.0 Å². The molecule has 1 heterocycles. The topological polar surface area (TPSA) is 40.8 Å². The number of hydrogen-bond donors (Lipinski definition) is 1. The standard InChI is InChI=1S/C18H23N3/c1-18(2,13-19)9-11-21-10-8-14-4-3-5-15(17(14)21)12-20-16-6-7-16/h3-5,8,10,16,20H,6-7,9,11-12H2,1-2H3. The summed E-state index contributed by atoms with van der Waals surface area (Å²) >= 11 is 0. The van der Waals surface area contributed by atoms with Crippen molar-refractivity contribution in [3.63, 3.8) is 0 Å².